The number of nitrogens with two attached hydrogens (primary N) is 2. The van der Waals surface area contributed by atoms with Crippen LogP contribution in [0.4, 0.5) is 20.3 Å². The number of nitrogen functional groups attached to an aromatic ring is 1. The average molecular weight is 473 g/mol. The van der Waals surface area contributed by atoms with Gasteiger partial charge in [0.15, 0.2) is 0 Å². The van der Waals surface area contributed by atoms with Gasteiger partial charge in [-0.3, -0.25) is 4.79 Å². The van der Waals surface area contributed by atoms with Crippen LogP contribution < -0.4 is 21.7 Å². The number of alkyl halides is 2. The molecule has 5 N–H and O–H groups in total. The van der Waals surface area contributed by atoms with E-state index in [9.17, 15) is 13.6 Å². The average Bonchev–Trinajstić information content (AvgIpc) is 3.07. The van der Waals surface area contributed by atoms with Gasteiger partial charge in [-0.2, -0.15) is 0 Å². The number of nitrogens with zero attached hydrogens (tertiary/aromatic N) is 3. The van der Waals surface area contributed by atoms with Gasteiger partial charge < -0.3 is 21.7 Å². The summed E-state index contributed by atoms with van der Waals surface area (Å²) in [6.45, 7) is 1.90. The van der Waals surface area contributed by atoms with E-state index < -0.39 is 12.0 Å². The number of aromatic nitrogens is 2. The molecule has 4 heterocycles. The number of hydrogen-bond acceptors (Lipinski definition) is 7. The molecular formula is C23H26F2N6OS. The molecule has 0 radical (unpaired) electrons. The van der Waals surface area contributed by atoms with Crippen molar-refractivity contribution < 1.29 is 13.6 Å². The normalized spacial score (nSPS) is 22.2. The van der Waals surface area contributed by atoms with Crippen LogP contribution in [0, 0.1) is 6.92 Å². The highest BCUT2D eigenvalue weighted by molar-refractivity contribution is 7.21. The quantitative estimate of drug-likeness (QED) is 0.541. The van der Waals surface area contributed by atoms with Crippen molar-refractivity contribution in [3.05, 3.63) is 46.1 Å². The molecule has 0 saturated carbocycles. The SMILES string of the molecule is Cc1ccc2c(N)c(C(=O)N[C@H]3CCc4nc(N5C[C@@H](N)CC(F)(F)C5)ccc4C3)sc2n1. The Kier molecular flexibility index (Phi) is 5.44. The largest absolute Gasteiger partial charge is 0.397 e. The van der Waals surface area contributed by atoms with E-state index in [1.54, 1.807) is 11.0 Å². The van der Waals surface area contributed by atoms with E-state index in [4.69, 9.17) is 11.5 Å². The number of amides is 1. The van der Waals surface area contributed by atoms with Crippen molar-refractivity contribution in [1.29, 1.82) is 0 Å². The molecule has 7 nitrogen and oxygen atoms in total. The summed E-state index contributed by atoms with van der Waals surface area (Å²) in [6.07, 6.45) is 1.71. The lowest BCUT2D eigenvalue weighted by atomic mass is 9.91. The van der Waals surface area contributed by atoms with Gasteiger partial charge in [-0.1, -0.05) is 6.07 Å². The van der Waals surface area contributed by atoms with E-state index in [-0.39, 0.29) is 24.9 Å². The van der Waals surface area contributed by atoms with Crippen molar-refractivity contribution in [2.24, 2.45) is 5.73 Å². The monoisotopic (exact) mass is 472 g/mol. The number of thiophene rings is 1. The molecule has 0 bridgehead atoms. The molecule has 10 heteroatoms. The second-order valence-electron chi connectivity index (χ2n) is 9.04. The van der Waals surface area contributed by atoms with Crippen molar-refractivity contribution >= 4 is 39.0 Å². The molecule has 1 amide bonds. The zero-order valence-electron chi connectivity index (χ0n) is 18.3. The van der Waals surface area contributed by atoms with Gasteiger partial charge in [0.1, 0.15) is 15.5 Å². The van der Waals surface area contributed by atoms with E-state index in [1.807, 2.05) is 25.1 Å². The van der Waals surface area contributed by atoms with Crippen LogP contribution in [-0.2, 0) is 12.8 Å². The fraction of sp³-hybridized carbons (Fsp3) is 0.435. The standard InChI is InChI=1S/C23H26F2N6OS/c1-12-2-5-16-19(27)20(33-22(16)28-12)21(32)29-15-4-6-17-13(8-15)3-7-18(30-17)31-10-14(26)9-23(24,25)11-31/h2-3,5,7,14-15H,4,6,8-11,26-27H2,1H3,(H,29,32)/t14-,15-/m0/s1. The van der Waals surface area contributed by atoms with Gasteiger partial charge >= 0.3 is 0 Å². The fourth-order valence-electron chi connectivity index (χ4n) is 4.72. The molecule has 1 saturated heterocycles. The third-order valence-corrected chi connectivity index (χ3v) is 7.40. The van der Waals surface area contributed by atoms with Crippen LogP contribution in [0.3, 0.4) is 0 Å². The zero-order chi connectivity index (χ0) is 23.3. The highest BCUT2D eigenvalue weighted by atomic mass is 32.1. The molecule has 3 aromatic heterocycles. The maximum Gasteiger partial charge on any atom is 0.266 e. The third kappa shape index (κ3) is 4.37. The summed E-state index contributed by atoms with van der Waals surface area (Å²) in [5.74, 6) is -2.48. The van der Waals surface area contributed by atoms with Gasteiger partial charge in [-0.05, 0) is 49.9 Å². The van der Waals surface area contributed by atoms with Crippen LogP contribution >= 0.6 is 11.3 Å². The van der Waals surface area contributed by atoms with Gasteiger partial charge in [-0.25, -0.2) is 18.7 Å². The van der Waals surface area contributed by atoms with Gasteiger partial charge in [0.2, 0.25) is 0 Å². The number of piperidine rings is 1. The minimum absolute atomic E-state index is 0.0512. The number of aryl methyl sites for hydroxylation is 2. The predicted octanol–water partition coefficient (Wildman–Crippen LogP) is 3.04. The lowest BCUT2D eigenvalue weighted by Crippen LogP contribution is -2.52. The molecular weight excluding hydrogens is 446 g/mol. The number of hydrogen-bond donors (Lipinski definition) is 3. The summed E-state index contributed by atoms with van der Waals surface area (Å²) in [6, 6.07) is 6.84. The van der Waals surface area contributed by atoms with E-state index in [1.165, 1.54) is 11.3 Å². The smallest absolute Gasteiger partial charge is 0.266 e. The third-order valence-electron chi connectivity index (χ3n) is 6.29. The summed E-state index contributed by atoms with van der Waals surface area (Å²) in [4.78, 5) is 24.9. The number of carbonyl (C=O) groups is 1. The van der Waals surface area contributed by atoms with Crippen molar-refractivity contribution in [2.75, 3.05) is 23.7 Å². The Morgan fingerprint density at radius 2 is 2.09 bits per heavy atom. The summed E-state index contributed by atoms with van der Waals surface area (Å²) < 4.78 is 27.9. The lowest BCUT2D eigenvalue weighted by molar-refractivity contribution is -0.0174. The molecule has 33 heavy (non-hydrogen) atoms. The van der Waals surface area contributed by atoms with Crippen LogP contribution in [0.2, 0.25) is 0 Å². The molecule has 174 valence electrons. The molecule has 1 aliphatic carbocycles. The van der Waals surface area contributed by atoms with Gasteiger partial charge in [0.25, 0.3) is 11.8 Å². The van der Waals surface area contributed by atoms with Crippen LogP contribution in [0.1, 0.15) is 39.5 Å². The van der Waals surface area contributed by atoms with Gasteiger partial charge in [0.05, 0.1) is 12.2 Å². The number of nitrogens with one attached hydrogen (secondary N) is 1. The number of anilines is 2. The van der Waals surface area contributed by atoms with Gasteiger partial charge in [0, 0.05) is 41.8 Å². The Hall–Kier alpha value is -2.85. The first kappa shape index (κ1) is 22.0. The highest BCUT2D eigenvalue weighted by Crippen LogP contribution is 2.33. The molecule has 1 fully saturated rings. The first-order valence-electron chi connectivity index (χ1n) is 11.0. The Morgan fingerprint density at radius 3 is 2.88 bits per heavy atom. The molecule has 0 aromatic carbocycles. The van der Waals surface area contributed by atoms with Gasteiger partial charge in [-0.15, -0.1) is 11.3 Å². The molecule has 3 aromatic rings. The first-order chi connectivity index (χ1) is 15.7. The maximum absolute atomic E-state index is 14.0. The maximum atomic E-state index is 14.0. The van der Waals surface area contributed by atoms with Crippen molar-refractivity contribution in [3.63, 3.8) is 0 Å². The van der Waals surface area contributed by atoms with Crippen LogP contribution in [0.15, 0.2) is 24.3 Å². The lowest BCUT2D eigenvalue weighted by Gasteiger charge is -2.37. The topological polar surface area (TPSA) is 110 Å². The Labute approximate surface area is 194 Å². The van der Waals surface area contributed by atoms with Crippen LogP contribution in [0.25, 0.3) is 10.2 Å². The molecule has 2 atom stereocenters. The zero-order valence-corrected chi connectivity index (χ0v) is 19.1. The Morgan fingerprint density at radius 1 is 1.27 bits per heavy atom. The Bertz CT molecular complexity index is 1230. The van der Waals surface area contributed by atoms with Crippen molar-refractivity contribution in [3.8, 4) is 0 Å². The molecule has 2 aliphatic rings. The first-order valence-corrected chi connectivity index (χ1v) is 11.8. The van der Waals surface area contributed by atoms with Crippen molar-refractivity contribution in [2.45, 2.75) is 50.6 Å². The summed E-state index contributed by atoms with van der Waals surface area (Å²) in [7, 11) is 0. The fourth-order valence-corrected chi connectivity index (χ4v) is 5.76. The number of fused-ring (bicyclic) bond motifs is 2. The number of pyridine rings is 2. The van der Waals surface area contributed by atoms with E-state index in [0.29, 0.717) is 42.2 Å². The second kappa shape index (κ2) is 8.18. The molecule has 0 spiro atoms. The number of rotatable bonds is 3. The number of halogens is 2. The van der Waals surface area contributed by atoms with Crippen LogP contribution in [-0.4, -0.2) is 47.0 Å². The van der Waals surface area contributed by atoms with E-state index in [0.717, 1.165) is 27.2 Å². The molecule has 5 rings (SSSR count). The molecule has 1 aliphatic heterocycles. The summed E-state index contributed by atoms with van der Waals surface area (Å²) in [5, 5.41) is 3.89. The Balaban J connectivity index is 1.29. The molecule has 0 unspecified atom stereocenters. The minimum atomic E-state index is -2.81. The summed E-state index contributed by atoms with van der Waals surface area (Å²) in [5.41, 5.74) is 15.3. The highest BCUT2D eigenvalue weighted by Gasteiger charge is 2.39. The minimum Gasteiger partial charge on any atom is -0.397 e. The summed E-state index contributed by atoms with van der Waals surface area (Å²) >= 11 is 1.30. The van der Waals surface area contributed by atoms with E-state index >= 15 is 0 Å². The van der Waals surface area contributed by atoms with Crippen molar-refractivity contribution in [1.82, 2.24) is 15.3 Å². The van der Waals surface area contributed by atoms with Crippen LogP contribution in [0.5, 0.6) is 0 Å². The predicted molar refractivity (Wildman–Crippen MR) is 126 cm³/mol. The second-order valence-corrected chi connectivity index (χ2v) is 10.0. The van der Waals surface area contributed by atoms with E-state index in [2.05, 4.69) is 15.3 Å². The number of carbonyl (C=O) groups excluding carboxylic acids is 1.